The van der Waals surface area contributed by atoms with Gasteiger partial charge in [-0.1, -0.05) is 0 Å². The molecule has 0 saturated carbocycles. The molecule has 0 radical (unpaired) electrons. The van der Waals surface area contributed by atoms with Gasteiger partial charge in [0.25, 0.3) is 0 Å². The van der Waals surface area contributed by atoms with Crippen molar-refractivity contribution in [2.45, 2.75) is 18.4 Å². The van der Waals surface area contributed by atoms with Gasteiger partial charge in [-0.05, 0) is 26.0 Å². The first-order chi connectivity index (χ1) is 9.68. The second-order valence-electron chi connectivity index (χ2n) is 5.75. The minimum Gasteiger partial charge on any atom is -0.369 e. The summed E-state index contributed by atoms with van der Waals surface area (Å²) in [5.74, 6) is 0.0646. The minimum absolute atomic E-state index is 0.0646. The molecule has 3 N–H and O–H groups in total. The van der Waals surface area contributed by atoms with Crippen molar-refractivity contribution in [2.24, 2.45) is 0 Å². The van der Waals surface area contributed by atoms with Crippen molar-refractivity contribution in [1.29, 1.82) is 0 Å². The summed E-state index contributed by atoms with van der Waals surface area (Å²) in [5.41, 5.74) is 2.12. The summed E-state index contributed by atoms with van der Waals surface area (Å²) in [5, 5.41) is 7.56. The molecule has 2 aromatic rings. The molecular weight excluding hydrogens is 254 g/mol. The third-order valence-electron chi connectivity index (χ3n) is 4.47. The summed E-state index contributed by atoms with van der Waals surface area (Å²) >= 11 is 0. The predicted molar refractivity (Wildman–Crippen MR) is 77.8 cm³/mol. The summed E-state index contributed by atoms with van der Waals surface area (Å²) < 4.78 is 0. The Morgan fingerprint density at radius 1 is 1.35 bits per heavy atom. The molecule has 0 atom stereocenters. The Kier molecular flexibility index (Phi) is 2.32. The maximum atomic E-state index is 12.5. The molecule has 1 amide bonds. The van der Waals surface area contributed by atoms with Crippen molar-refractivity contribution in [3.63, 3.8) is 0 Å². The fourth-order valence-corrected chi connectivity index (χ4v) is 3.13. The molecule has 2 aliphatic rings. The Morgan fingerprint density at radius 2 is 2.15 bits per heavy atom. The number of nitrogens with one attached hydrogen (secondary N) is 3. The van der Waals surface area contributed by atoms with Crippen LogP contribution in [-0.4, -0.2) is 46.5 Å². The number of carbonyl (C=O) groups excluding carboxylic acids is 1. The van der Waals surface area contributed by atoms with Crippen molar-refractivity contribution in [2.75, 3.05) is 30.8 Å². The lowest BCUT2D eigenvalue weighted by molar-refractivity contribution is -0.122. The predicted octanol–water partition coefficient (Wildman–Crippen LogP) is 1.39. The lowest BCUT2D eigenvalue weighted by Crippen LogP contribution is -2.57. The normalized spacial score (nSPS) is 21.6. The zero-order valence-electron chi connectivity index (χ0n) is 11.4. The van der Waals surface area contributed by atoms with Gasteiger partial charge >= 0.3 is 0 Å². The van der Waals surface area contributed by atoms with Gasteiger partial charge in [-0.25, -0.2) is 4.98 Å². The molecule has 4 heterocycles. The van der Waals surface area contributed by atoms with Crippen LogP contribution in [0.4, 0.5) is 11.4 Å². The molecule has 4 rings (SSSR count). The number of piperidine rings is 1. The van der Waals surface area contributed by atoms with Gasteiger partial charge < -0.3 is 20.5 Å². The maximum Gasteiger partial charge on any atom is 0.250 e. The Hall–Kier alpha value is -2.08. The molecular formula is C14H17N5O. The molecule has 0 bridgehead atoms. The Balaban J connectivity index is 1.80. The van der Waals surface area contributed by atoms with Gasteiger partial charge in [0, 0.05) is 24.7 Å². The van der Waals surface area contributed by atoms with Crippen molar-refractivity contribution in [1.82, 2.24) is 14.9 Å². The molecule has 0 aliphatic carbocycles. The lowest BCUT2D eigenvalue weighted by Gasteiger charge is -2.43. The first kappa shape index (κ1) is 11.7. The van der Waals surface area contributed by atoms with Gasteiger partial charge in [0.05, 0.1) is 17.6 Å². The van der Waals surface area contributed by atoms with Gasteiger partial charge in [0.1, 0.15) is 11.2 Å². The number of H-pyrrole nitrogens is 1. The van der Waals surface area contributed by atoms with Crippen LogP contribution in [-0.2, 0) is 4.79 Å². The first-order valence-electron chi connectivity index (χ1n) is 6.92. The van der Waals surface area contributed by atoms with Crippen LogP contribution in [0, 0.1) is 0 Å². The van der Waals surface area contributed by atoms with E-state index < -0.39 is 5.54 Å². The Bertz CT molecular complexity index is 684. The van der Waals surface area contributed by atoms with Crippen molar-refractivity contribution >= 4 is 28.3 Å². The quantitative estimate of drug-likeness (QED) is 0.677. The number of anilines is 2. The highest BCUT2D eigenvalue weighted by molar-refractivity contribution is 6.11. The molecule has 104 valence electrons. The maximum absolute atomic E-state index is 12.5. The number of aromatic nitrogens is 2. The molecule has 20 heavy (non-hydrogen) atoms. The van der Waals surface area contributed by atoms with Crippen molar-refractivity contribution in [3.05, 3.63) is 18.5 Å². The SMILES string of the molecule is CN1CCC2(CC1)Nc1c(cnc3[nH]ccc13)NC2=O. The van der Waals surface area contributed by atoms with E-state index in [4.69, 9.17) is 0 Å². The van der Waals surface area contributed by atoms with Crippen LogP contribution in [0.25, 0.3) is 11.0 Å². The van der Waals surface area contributed by atoms with Gasteiger partial charge in [-0.2, -0.15) is 0 Å². The summed E-state index contributed by atoms with van der Waals surface area (Å²) in [6.07, 6.45) is 5.23. The summed E-state index contributed by atoms with van der Waals surface area (Å²) in [4.78, 5) is 22.2. The van der Waals surface area contributed by atoms with Gasteiger partial charge in [0.2, 0.25) is 5.91 Å². The van der Waals surface area contributed by atoms with E-state index in [0.717, 1.165) is 48.3 Å². The van der Waals surface area contributed by atoms with Crippen LogP contribution < -0.4 is 10.6 Å². The standard InChI is InChI=1S/C14H17N5O/c1-19-6-3-14(4-7-19)13(20)17-10-8-16-12-9(2-5-15-12)11(10)18-14/h2,5,8,18H,3-4,6-7H2,1H3,(H,15,16)(H,17,20). The zero-order chi connectivity index (χ0) is 13.7. The fourth-order valence-electron chi connectivity index (χ4n) is 3.13. The first-order valence-corrected chi connectivity index (χ1v) is 6.92. The number of hydrogen-bond donors (Lipinski definition) is 3. The highest BCUT2D eigenvalue weighted by atomic mass is 16.2. The van der Waals surface area contributed by atoms with Gasteiger partial charge in [-0.3, -0.25) is 4.79 Å². The number of amides is 1. The van der Waals surface area contributed by atoms with E-state index in [0.29, 0.717) is 0 Å². The van der Waals surface area contributed by atoms with Crippen molar-refractivity contribution < 1.29 is 4.79 Å². The van der Waals surface area contributed by atoms with E-state index >= 15 is 0 Å². The topological polar surface area (TPSA) is 73.1 Å². The number of likely N-dealkylation sites (tertiary alicyclic amines) is 1. The number of rotatable bonds is 0. The van der Waals surface area contributed by atoms with E-state index in [2.05, 4.69) is 32.5 Å². The number of carbonyl (C=O) groups is 1. The molecule has 1 spiro atoms. The summed E-state index contributed by atoms with van der Waals surface area (Å²) in [6, 6.07) is 1.99. The molecule has 0 aromatic carbocycles. The molecule has 6 nitrogen and oxygen atoms in total. The number of pyridine rings is 1. The zero-order valence-corrected chi connectivity index (χ0v) is 11.4. The van der Waals surface area contributed by atoms with Gasteiger partial charge in [-0.15, -0.1) is 0 Å². The van der Waals surface area contributed by atoms with Crippen molar-refractivity contribution in [3.8, 4) is 0 Å². The second-order valence-corrected chi connectivity index (χ2v) is 5.75. The number of fused-ring (bicyclic) bond motifs is 3. The monoisotopic (exact) mass is 271 g/mol. The number of aromatic amines is 1. The van der Waals surface area contributed by atoms with E-state index in [1.54, 1.807) is 6.20 Å². The fraction of sp³-hybridized carbons (Fsp3) is 0.429. The highest BCUT2D eigenvalue weighted by Gasteiger charge is 2.44. The highest BCUT2D eigenvalue weighted by Crippen LogP contribution is 2.39. The largest absolute Gasteiger partial charge is 0.369 e. The van der Waals surface area contributed by atoms with E-state index in [-0.39, 0.29) is 5.91 Å². The molecule has 2 aromatic heterocycles. The molecule has 0 unspecified atom stereocenters. The smallest absolute Gasteiger partial charge is 0.250 e. The van der Waals surface area contributed by atoms with Crippen LogP contribution >= 0.6 is 0 Å². The van der Waals surface area contributed by atoms with E-state index in [9.17, 15) is 4.79 Å². The molecule has 1 saturated heterocycles. The van der Waals surface area contributed by atoms with Crippen LogP contribution in [0.3, 0.4) is 0 Å². The van der Waals surface area contributed by atoms with E-state index in [1.807, 2.05) is 12.3 Å². The average molecular weight is 271 g/mol. The lowest BCUT2D eigenvalue weighted by atomic mass is 9.84. The molecule has 2 aliphatic heterocycles. The number of hydrogen-bond acceptors (Lipinski definition) is 4. The summed E-state index contributed by atoms with van der Waals surface area (Å²) in [6.45, 7) is 1.86. The summed E-state index contributed by atoms with van der Waals surface area (Å²) in [7, 11) is 2.09. The number of nitrogens with zero attached hydrogens (tertiary/aromatic N) is 2. The third-order valence-corrected chi connectivity index (χ3v) is 4.47. The van der Waals surface area contributed by atoms with Crippen LogP contribution in [0.5, 0.6) is 0 Å². The average Bonchev–Trinajstić information content (AvgIpc) is 2.92. The third kappa shape index (κ3) is 1.54. The van der Waals surface area contributed by atoms with E-state index in [1.165, 1.54) is 0 Å². The minimum atomic E-state index is -0.481. The van der Waals surface area contributed by atoms with Crippen LogP contribution in [0.2, 0.25) is 0 Å². The second kappa shape index (κ2) is 3.96. The molecule has 6 heteroatoms. The van der Waals surface area contributed by atoms with Gasteiger partial charge in [0.15, 0.2) is 0 Å². The molecule has 1 fully saturated rings. The van der Waals surface area contributed by atoms with Crippen LogP contribution in [0.1, 0.15) is 12.8 Å². The Morgan fingerprint density at radius 3 is 2.95 bits per heavy atom. The Labute approximate surface area is 116 Å². The van der Waals surface area contributed by atoms with Crippen LogP contribution in [0.15, 0.2) is 18.5 Å².